The molecule has 1 aliphatic rings. The lowest BCUT2D eigenvalue weighted by atomic mass is 10.4. The monoisotopic (exact) mass is 376 g/mol. The summed E-state index contributed by atoms with van der Waals surface area (Å²) < 4.78 is 8.93. The summed E-state index contributed by atoms with van der Waals surface area (Å²) >= 11 is 0. The average molecular weight is 376 g/mol. The lowest BCUT2D eigenvalue weighted by Gasteiger charge is -2.23. The van der Waals surface area contributed by atoms with Crippen molar-refractivity contribution >= 4 is 18.2 Å². The molecule has 2 N–H and O–H groups in total. The third-order valence-electron chi connectivity index (χ3n) is 3.49. The van der Waals surface area contributed by atoms with Crippen LogP contribution < -0.4 is 5.73 Å². The minimum absolute atomic E-state index is 0.182. The van der Waals surface area contributed by atoms with Crippen LogP contribution in [0.5, 0.6) is 0 Å². The number of carbonyl (C=O) groups is 3. The molecule has 1 aliphatic heterocycles. The topological polar surface area (TPSA) is 105 Å². The maximum Gasteiger partial charge on any atom is 0.319 e. The van der Waals surface area contributed by atoms with Crippen molar-refractivity contribution in [1.29, 1.82) is 0 Å². The maximum atomic E-state index is 11.4. The molecule has 1 fully saturated rings. The van der Waals surface area contributed by atoms with Gasteiger partial charge in [0.1, 0.15) is 6.29 Å². The number of methoxy groups -OCH3 is 2. The molecule has 154 valence electrons. The molecule has 9 heteroatoms. The molecule has 0 aliphatic carbocycles. The van der Waals surface area contributed by atoms with Crippen molar-refractivity contribution in [3.8, 4) is 0 Å². The molecule has 26 heavy (non-hydrogen) atoms. The van der Waals surface area contributed by atoms with Crippen LogP contribution in [-0.4, -0.2) is 113 Å². The summed E-state index contributed by atoms with van der Waals surface area (Å²) in [6.07, 6.45) is 0.862. The molecule has 1 saturated heterocycles. The summed E-state index contributed by atoms with van der Waals surface area (Å²) in [6.45, 7) is 8.76. The molecular weight excluding hydrogens is 340 g/mol. The quantitative estimate of drug-likeness (QED) is 0.467. The van der Waals surface area contributed by atoms with Crippen LogP contribution in [0, 0.1) is 0 Å². The molecule has 1 rings (SSSR count). The average Bonchev–Trinajstić information content (AvgIpc) is 2.70. The zero-order chi connectivity index (χ0) is 20.4. The number of ether oxygens (including phenoxy) is 2. The van der Waals surface area contributed by atoms with Gasteiger partial charge in [-0.3, -0.25) is 24.3 Å². The van der Waals surface area contributed by atoms with E-state index in [1.54, 1.807) is 14.2 Å². The molecule has 0 aromatic rings. The van der Waals surface area contributed by atoms with Crippen molar-refractivity contribution in [3.63, 3.8) is 0 Å². The molecule has 0 atom stereocenters. The fraction of sp³-hybridized carbons (Fsp3) is 0.824. The molecular formula is C17H36N4O5. The first kappa shape index (κ1) is 26.7. The Morgan fingerprint density at radius 3 is 1.62 bits per heavy atom. The van der Waals surface area contributed by atoms with E-state index < -0.39 is 0 Å². The van der Waals surface area contributed by atoms with Crippen molar-refractivity contribution in [3.05, 3.63) is 0 Å². The molecule has 0 aromatic carbocycles. The minimum Gasteiger partial charge on any atom is -0.468 e. The molecule has 1 amide bonds. The normalized spacial score (nSPS) is 16.5. The second-order valence-corrected chi connectivity index (χ2v) is 5.47. The Morgan fingerprint density at radius 2 is 1.27 bits per heavy atom. The van der Waals surface area contributed by atoms with Gasteiger partial charge in [0, 0.05) is 53.5 Å². The molecule has 0 bridgehead atoms. The highest BCUT2D eigenvalue weighted by molar-refractivity contribution is 5.75. The standard InChI is InChI=1S/C13H24N4O4.C2H6O.C2H6/c1-21-13(20)11-17-5-3-15(8-9-18)2-4-16(6-7-17)10-12(14)19;1-3-2;1-2/h9H,2-8,10-11H2,1H3,(H2,14,19);1-2H3;1-2H3. The van der Waals surface area contributed by atoms with Gasteiger partial charge in [0.05, 0.1) is 26.7 Å². The van der Waals surface area contributed by atoms with Crippen molar-refractivity contribution in [2.75, 3.05) is 80.2 Å². The number of amides is 1. The predicted molar refractivity (Wildman–Crippen MR) is 101 cm³/mol. The third-order valence-corrected chi connectivity index (χ3v) is 3.49. The largest absolute Gasteiger partial charge is 0.468 e. The van der Waals surface area contributed by atoms with Gasteiger partial charge in [-0.05, 0) is 0 Å². The molecule has 0 unspecified atom stereocenters. The summed E-state index contributed by atoms with van der Waals surface area (Å²) in [5, 5.41) is 0. The van der Waals surface area contributed by atoms with Crippen molar-refractivity contribution < 1.29 is 23.9 Å². The number of nitrogens with two attached hydrogens (primary N) is 1. The Morgan fingerprint density at radius 1 is 0.885 bits per heavy atom. The van der Waals surface area contributed by atoms with Crippen LogP contribution in [0.4, 0.5) is 0 Å². The first-order valence-corrected chi connectivity index (χ1v) is 8.82. The van der Waals surface area contributed by atoms with E-state index in [9.17, 15) is 14.4 Å². The van der Waals surface area contributed by atoms with Gasteiger partial charge < -0.3 is 20.0 Å². The van der Waals surface area contributed by atoms with E-state index in [1.165, 1.54) is 7.11 Å². The van der Waals surface area contributed by atoms with E-state index in [0.29, 0.717) is 45.8 Å². The number of aldehydes is 1. The molecule has 0 aromatic heterocycles. The lowest BCUT2D eigenvalue weighted by Crippen LogP contribution is -2.41. The number of hydrogen-bond donors (Lipinski definition) is 1. The van der Waals surface area contributed by atoms with E-state index in [4.69, 9.17) is 5.73 Å². The third kappa shape index (κ3) is 14.8. The van der Waals surface area contributed by atoms with Crippen LogP contribution in [0.25, 0.3) is 0 Å². The molecule has 1 heterocycles. The SMILES string of the molecule is CC.COC.COC(=O)CN1CCN(CC=O)CCN(CC(N)=O)CC1. The summed E-state index contributed by atoms with van der Waals surface area (Å²) in [5.41, 5.74) is 5.24. The van der Waals surface area contributed by atoms with Gasteiger partial charge in [-0.1, -0.05) is 13.8 Å². The highest BCUT2D eigenvalue weighted by Gasteiger charge is 2.18. The zero-order valence-corrected chi connectivity index (χ0v) is 16.9. The van der Waals surface area contributed by atoms with E-state index in [-0.39, 0.29) is 25.0 Å². The predicted octanol–water partition coefficient (Wildman–Crippen LogP) is -0.948. The smallest absolute Gasteiger partial charge is 0.319 e. The van der Waals surface area contributed by atoms with E-state index >= 15 is 0 Å². The molecule has 0 saturated carbocycles. The molecule has 9 nitrogen and oxygen atoms in total. The first-order chi connectivity index (χ1) is 12.5. The number of rotatable bonds is 6. The number of hydrogen-bond acceptors (Lipinski definition) is 8. The van der Waals surface area contributed by atoms with Crippen LogP contribution in [0.2, 0.25) is 0 Å². The highest BCUT2D eigenvalue weighted by Crippen LogP contribution is 2.00. The fourth-order valence-corrected chi connectivity index (χ4v) is 2.26. The summed E-state index contributed by atoms with van der Waals surface area (Å²) in [5.74, 6) is -0.673. The summed E-state index contributed by atoms with van der Waals surface area (Å²) in [6, 6.07) is 0. The Hall–Kier alpha value is -1.55. The highest BCUT2D eigenvalue weighted by atomic mass is 16.5. The van der Waals surface area contributed by atoms with Crippen LogP contribution in [0.3, 0.4) is 0 Å². The summed E-state index contributed by atoms with van der Waals surface area (Å²) in [7, 11) is 4.61. The van der Waals surface area contributed by atoms with Gasteiger partial charge in [-0.25, -0.2) is 0 Å². The number of carbonyl (C=O) groups excluding carboxylic acids is 3. The van der Waals surface area contributed by atoms with Crippen LogP contribution in [0.1, 0.15) is 13.8 Å². The number of nitrogens with zero attached hydrogens (tertiary/aromatic N) is 3. The Balaban J connectivity index is 0. The van der Waals surface area contributed by atoms with Crippen LogP contribution in [-0.2, 0) is 23.9 Å². The Bertz CT molecular complexity index is 382. The number of primary amides is 1. The fourth-order valence-electron chi connectivity index (χ4n) is 2.26. The molecule has 0 radical (unpaired) electrons. The van der Waals surface area contributed by atoms with Crippen LogP contribution in [0.15, 0.2) is 0 Å². The van der Waals surface area contributed by atoms with Gasteiger partial charge >= 0.3 is 5.97 Å². The minimum atomic E-state index is -0.379. The second-order valence-electron chi connectivity index (χ2n) is 5.47. The molecule has 0 spiro atoms. The van der Waals surface area contributed by atoms with Crippen molar-refractivity contribution in [1.82, 2.24) is 14.7 Å². The van der Waals surface area contributed by atoms with Gasteiger partial charge in [0.2, 0.25) is 5.91 Å². The van der Waals surface area contributed by atoms with Crippen molar-refractivity contribution in [2.24, 2.45) is 5.73 Å². The Kier molecular flexibility index (Phi) is 18.7. The van der Waals surface area contributed by atoms with Crippen LogP contribution >= 0.6 is 0 Å². The van der Waals surface area contributed by atoms with Gasteiger partial charge in [-0.2, -0.15) is 0 Å². The Labute approximate surface area is 157 Å². The zero-order valence-electron chi connectivity index (χ0n) is 16.9. The number of esters is 1. The summed E-state index contributed by atoms with van der Waals surface area (Å²) in [4.78, 5) is 39.1. The lowest BCUT2D eigenvalue weighted by molar-refractivity contribution is -0.142. The van der Waals surface area contributed by atoms with Crippen molar-refractivity contribution in [2.45, 2.75) is 13.8 Å². The maximum absolute atomic E-state index is 11.4. The van der Waals surface area contributed by atoms with E-state index in [0.717, 1.165) is 6.29 Å². The van der Waals surface area contributed by atoms with E-state index in [2.05, 4.69) is 9.47 Å². The van der Waals surface area contributed by atoms with Gasteiger partial charge in [0.15, 0.2) is 0 Å². The van der Waals surface area contributed by atoms with Gasteiger partial charge in [-0.15, -0.1) is 0 Å². The van der Waals surface area contributed by atoms with Gasteiger partial charge in [0.25, 0.3) is 0 Å². The van der Waals surface area contributed by atoms with E-state index in [1.807, 2.05) is 28.5 Å². The second kappa shape index (κ2) is 18.2. The first-order valence-electron chi connectivity index (χ1n) is 8.82.